The van der Waals surface area contributed by atoms with E-state index in [0.717, 1.165) is 25.8 Å². The van der Waals surface area contributed by atoms with Crippen LogP contribution in [0.25, 0.3) is 0 Å². The van der Waals surface area contributed by atoms with Crippen LogP contribution in [0.15, 0.2) is 0 Å². The summed E-state index contributed by atoms with van der Waals surface area (Å²) in [6, 6.07) is 0. The van der Waals surface area contributed by atoms with Crippen LogP contribution in [-0.4, -0.2) is 11.1 Å². The zero-order valence-corrected chi connectivity index (χ0v) is 11.7. The average Bonchev–Trinajstić information content (AvgIpc) is 2.42. The number of carboxylic acids is 1. The molecule has 0 aliphatic carbocycles. The average molecular weight is 282 g/mol. The third kappa shape index (κ3) is 2.60. The van der Waals surface area contributed by atoms with Crippen molar-refractivity contribution < 1.29 is 9.90 Å². The van der Waals surface area contributed by atoms with Crippen molar-refractivity contribution in [2.75, 3.05) is 5.73 Å². The molecule has 0 bridgehead atoms. The number of nitrogens with one attached hydrogen (secondary N) is 1. The lowest BCUT2D eigenvalue weighted by molar-refractivity contribution is 0.0703. The summed E-state index contributed by atoms with van der Waals surface area (Å²) >= 11 is 0. The molecule has 0 saturated heterocycles. The highest BCUT2D eigenvalue weighted by atomic mass is 32.2. The predicted molar refractivity (Wildman–Crippen MR) is 69.8 cm³/mol. The topological polar surface area (TPSA) is 87.2 Å². The third-order valence-electron chi connectivity index (χ3n) is 1.46. The van der Waals surface area contributed by atoms with Crippen LogP contribution in [0.1, 0.15) is 10.1 Å². The van der Waals surface area contributed by atoms with E-state index in [4.69, 9.17) is 16.0 Å². The minimum Gasteiger partial charge on any atom is -0.477 e. The van der Waals surface area contributed by atoms with Gasteiger partial charge in [-0.25, -0.2) is 4.79 Å². The van der Waals surface area contributed by atoms with Crippen molar-refractivity contribution >= 4 is 62.9 Å². The molecule has 1 heterocycles. The number of aromatic carboxylic acids is 1. The Kier molecular flexibility index (Phi) is 4.65. The third-order valence-corrected chi connectivity index (χ3v) is 8.43. The Morgan fingerprint density at radius 2 is 2.29 bits per heavy atom. The Hall–Kier alpha value is 0.180. The first kappa shape index (κ1) is 12.3. The van der Waals surface area contributed by atoms with Crippen LogP contribution in [0, 0.1) is 5.16 Å². The number of carboxylic acid groups (broad SMARTS) is 1. The molecule has 14 heavy (non-hydrogen) atoms. The highest BCUT2D eigenvalue weighted by Crippen LogP contribution is 2.33. The van der Waals surface area contributed by atoms with Gasteiger partial charge in [-0.15, -0.1) is 17.4 Å². The number of carbonyl (C=O) groups is 1. The van der Waals surface area contributed by atoms with E-state index in [0.29, 0.717) is 19.0 Å². The maximum atomic E-state index is 10.8. The molecule has 2 atom stereocenters. The van der Waals surface area contributed by atoms with Crippen LogP contribution < -0.4 is 16.1 Å². The van der Waals surface area contributed by atoms with Gasteiger partial charge in [0.05, 0.1) is 13.7 Å². The van der Waals surface area contributed by atoms with Crippen LogP contribution in [0.5, 0.6) is 0 Å². The first-order valence-electron chi connectivity index (χ1n) is 3.35. The SMILES string of the molecule is N=PP=Pc1[pH]c(C(=O)O)c(N)c1P. The highest BCUT2D eigenvalue weighted by Gasteiger charge is 2.15. The summed E-state index contributed by atoms with van der Waals surface area (Å²) in [5.74, 6) is -0.939. The van der Waals surface area contributed by atoms with Crippen molar-refractivity contribution in [3.63, 3.8) is 0 Å². The Morgan fingerprint density at radius 1 is 1.64 bits per heavy atom. The molecule has 4 N–H and O–H groups in total. The second kappa shape index (κ2) is 5.32. The van der Waals surface area contributed by atoms with Gasteiger partial charge in [0.25, 0.3) is 0 Å². The van der Waals surface area contributed by atoms with Gasteiger partial charge in [-0.05, 0) is 7.87 Å². The largest absolute Gasteiger partial charge is 0.477 e. The van der Waals surface area contributed by atoms with E-state index >= 15 is 0 Å². The van der Waals surface area contributed by atoms with E-state index in [1.165, 1.54) is 0 Å². The summed E-state index contributed by atoms with van der Waals surface area (Å²) in [6.07, 6.45) is 0. The van der Waals surface area contributed by atoms with Crippen molar-refractivity contribution in [1.29, 1.82) is 5.16 Å². The summed E-state index contributed by atoms with van der Waals surface area (Å²) < 4.78 is 0. The van der Waals surface area contributed by atoms with Crippen molar-refractivity contribution in [2.24, 2.45) is 0 Å². The molecule has 0 radical (unpaired) electrons. The molecule has 0 fully saturated rings. The Labute approximate surface area is 89.3 Å². The monoisotopic (exact) mass is 282 g/mol. The molecule has 0 aromatic carbocycles. The molecule has 9 heteroatoms. The predicted octanol–water partition coefficient (Wildman–Crippen LogP) is 2.55. The minimum absolute atomic E-state index is 0.149. The normalized spacial score (nSPS) is 11.8. The number of hydrogen-bond acceptors (Lipinski definition) is 3. The molecular weight excluding hydrogens is 275 g/mol. The van der Waals surface area contributed by atoms with Crippen molar-refractivity contribution in [3.8, 4) is 0 Å². The first-order valence-corrected chi connectivity index (χ1v) is 9.02. The molecule has 74 valence electrons. The standard InChI is InChI=1S/C5H7N2O2P5/c6-1-2(10)5(12-14-13-7)11-3(1)4(8)9/h7,11H,6,10H2,(H,8,9). The van der Waals surface area contributed by atoms with E-state index in [1.807, 2.05) is 0 Å². The molecule has 2 unspecified atom stereocenters. The number of hydrogen-bond donors (Lipinski definition) is 3. The molecule has 1 aromatic rings. The second-order valence-electron chi connectivity index (χ2n) is 2.27. The molecule has 0 amide bonds. The van der Waals surface area contributed by atoms with Crippen LogP contribution >= 0.6 is 40.9 Å². The molecule has 0 aliphatic rings. The lowest BCUT2D eigenvalue weighted by atomic mass is 10.4. The second-order valence-corrected chi connectivity index (χ2v) is 8.89. The fraction of sp³-hybridized carbons (Fsp3) is 0. The molecule has 1 rings (SSSR count). The first-order chi connectivity index (χ1) is 6.57. The van der Waals surface area contributed by atoms with Gasteiger partial charge >= 0.3 is 5.97 Å². The van der Waals surface area contributed by atoms with Gasteiger partial charge in [0.2, 0.25) is 0 Å². The van der Waals surface area contributed by atoms with Crippen molar-refractivity contribution in [2.45, 2.75) is 0 Å². The summed E-state index contributed by atoms with van der Waals surface area (Å²) in [7, 11) is 5.09. The van der Waals surface area contributed by atoms with E-state index < -0.39 is 5.97 Å². The Balaban J connectivity index is 3.21. The van der Waals surface area contributed by atoms with Crippen molar-refractivity contribution in [1.82, 2.24) is 0 Å². The van der Waals surface area contributed by atoms with E-state index in [9.17, 15) is 4.79 Å². The molecule has 0 saturated carbocycles. The van der Waals surface area contributed by atoms with Gasteiger partial charge in [0.1, 0.15) is 5.30 Å². The Bertz CT molecular complexity index is 412. The zero-order valence-electron chi connectivity index (χ0n) is 6.85. The Morgan fingerprint density at radius 3 is 2.71 bits per heavy atom. The number of nitrogen functional groups attached to an aromatic ring is 1. The zero-order chi connectivity index (χ0) is 10.7. The molecule has 4 nitrogen and oxygen atoms in total. The number of rotatable bonds is 3. The molecule has 0 aliphatic heterocycles. The van der Waals surface area contributed by atoms with E-state index in [-0.39, 0.29) is 8.19 Å². The van der Waals surface area contributed by atoms with Crippen molar-refractivity contribution in [3.05, 3.63) is 5.30 Å². The van der Waals surface area contributed by atoms with Crippen LogP contribution in [0.3, 0.4) is 0 Å². The van der Waals surface area contributed by atoms with Gasteiger partial charge in [0, 0.05) is 17.9 Å². The maximum absolute atomic E-state index is 10.8. The van der Waals surface area contributed by atoms with Gasteiger partial charge in [0.15, 0.2) is 0 Å². The molecular formula is C5H7N2O2P5. The van der Waals surface area contributed by atoms with Crippen LogP contribution in [-0.2, 0) is 0 Å². The van der Waals surface area contributed by atoms with Gasteiger partial charge in [-0.3, -0.25) is 5.16 Å². The summed E-state index contributed by atoms with van der Waals surface area (Å²) in [6.45, 7) is 0. The van der Waals surface area contributed by atoms with Gasteiger partial charge in [-0.1, -0.05) is 0 Å². The fourth-order valence-electron chi connectivity index (χ4n) is 0.830. The highest BCUT2D eigenvalue weighted by molar-refractivity contribution is 8.23. The van der Waals surface area contributed by atoms with Gasteiger partial charge in [-0.2, -0.15) is 0 Å². The quantitative estimate of drug-likeness (QED) is 0.744. The number of anilines is 1. The lowest BCUT2D eigenvalue weighted by Gasteiger charge is -1.92. The lowest BCUT2D eigenvalue weighted by Crippen LogP contribution is -2.09. The molecule has 1 aromatic heterocycles. The van der Waals surface area contributed by atoms with E-state index in [1.54, 1.807) is 0 Å². The maximum Gasteiger partial charge on any atom is 0.341 e. The minimum atomic E-state index is -0.939. The molecule has 0 spiro atoms. The summed E-state index contributed by atoms with van der Waals surface area (Å²) in [5, 5.41) is 17.9. The van der Waals surface area contributed by atoms with Crippen LogP contribution in [0.4, 0.5) is 5.69 Å². The smallest absolute Gasteiger partial charge is 0.341 e. The summed E-state index contributed by atoms with van der Waals surface area (Å²) in [4.78, 5) is 10.8. The van der Waals surface area contributed by atoms with E-state index in [2.05, 4.69) is 9.24 Å². The van der Waals surface area contributed by atoms with Gasteiger partial charge < -0.3 is 10.8 Å². The number of nitrogens with two attached hydrogens (primary N) is 1. The van der Waals surface area contributed by atoms with Crippen LogP contribution in [0.2, 0.25) is 0 Å². The summed E-state index contributed by atoms with van der Waals surface area (Å²) in [5.41, 5.74) is 6.03. The fourth-order valence-corrected chi connectivity index (χ4v) is 7.23.